The van der Waals surface area contributed by atoms with E-state index >= 15 is 0 Å². The third-order valence-corrected chi connectivity index (χ3v) is 4.29. The van der Waals surface area contributed by atoms with Crippen LogP contribution in [-0.4, -0.2) is 61.0 Å². The summed E-state index contributed by atoms with van der Waals surface area (Å²) in [6.45, 7) is 9.07. The van der Waals surface area contributed by atoms with Gasteiger partial charge in [0.15, 0.2) is 0 Å². The fourth-order valence-electron chi connectivity index (χ4n) is 2.71. The zero-order valence-electron chi connectivity index (χ0n) is 14.9. The van der Waals surface area contributed by atoms with Crippen molar-refractivity contribution in [3.63, 3.8) is 0 Å². The van der Waals surface area contributed by atoms with Crippen molar-refractivity contribution in [3.8, 4) is 0 Å². The van der Waals surface area contributed by atoms with E-state index in [9.17, 15) is 9.59 Å². The SMILES string of the molecule is CC(C)CNC(=O)NC(=O)CN1CCN(Cc2cccc(Cl)c2)CC1. The molecule has 1 aliphatic rings. The second kappa shape index (κ2) is 9.75. The molecule has 6 nitrogen and oxygen atoms in total. The lowest BCUT2D eigenvalue weighted by atomic mass is 10.2. The summed E-state index contributed by atoms with van der Waals surface area (Å²) in [4.78, 5) is 27.9. The van der Waals surface area contributed by atoms with Crippen molar-refractivity contribution in [2.75, 3.05) is 39.3 Å². The number of hydrogen-bond donors (Lipinski definition) is 2. The van der Waals surface area contributed by atoms with E-state index in [1.54, 1.807) is 0 Å². The fourth-order valence-corrected chi connectivity index (χ4v) is 2.92. The van der Waals surface area contributed by atoms with Gasteiger partial charge in [0.05, 0.1) is 6.54 Å². The molecule has 1 fully saturated rings. The second-order valence-electron chi connectivity index (χ2n) is 6.83. The summed E-state index contributed by atoms with van der Waals surface area (Å²) in [6, 6.07) is 7.47. The average Bonchev–Trinajstić information content (AvgIpc) is 2.55. The van der Waals surface area contributed by atoms with Gasteiger partial charge in [-0.1, -0.05) is 37.6 Å². The van der Waals surface area contributed by atoms with Crippen molar-refractivity contribution in [1.29, 1.82) is 0 Å². The Balaban J connectivity index is 1.67. The molecule has 1 aliphatic heterocycles. The molecular weight excluding hydrogens is 340 g/mol. The van der Waals surface area contributed by atoms with E-state index in [2.05, 4.69) is 26.5 Å². The highest BCUT2D eigenvalue weighted by Gasteiger charge is 2.20. The number of imide groups is 1. The molecule has 138 valence electrons. The molecule has 1 aromatic rings. The van der Waals surface area contributed by atoms with Crippen LogP contribution in [0.3, 0.4) is 0 Å². The topological polar surface area (TPSA) is 64.7 Å². The van der Waals surface area contributed by atoms with Crippen LogP contribution in [0.4, 0.5) is 4.79 Å². The molecule has 0 aromatic heterocycles. The van der Waals surface area contributed by atoms with Crippen molar-refractivity contribution < 1.29 is 9.59 Å². The minimum atomic E-state index is -0.418. The molecule has 0 spiro atoms. The molecule has 1 aromatic carbocycles. The first-order valence-corrected chi connectivity index (χ1v) is 9.07. The summed E-state index contributed by atoms with van der Waals surface area (Å²) in [5, 5.41) is 5.81. The number of carbonyl (C=O) groups is 2. The highest BCUT2D eigenvalue weighted by molar-refractivity contribution is 6.30. The molecular formula is C18H27ClN4O2. The number of hydrogen-bond acceptors (Lipinski definition) is 4. The number of halogens is 1. The molecule has 2 N–H and O–H groups in total. The predicted octanol–water partition coefficient (Wildman–Crippen LogP) is 1.94. The lowest BCUT2D eigenvalue weighted by Gasteiger charge is -2.34. The van der Waals surface area contributed by atoms with Crippen LogP contribution in [0.25, 0.3) is 0 Å². The Kier molecular flexibility index (Phi) is 7.68. The first-order valence-electron chi connectivity index (χ1n) is 8.69. The van der Waals surface area contributed by atoms with Gasteiger partial charge in [0, 0.05) is 44.3 Å². The molecule has 1 heterocycles. The molecule has 25 heavy (non-hydrogen) atoms. The smallest absolute Gasteiger partial charge is 0.321 e. The number of nitrogens with one attached hydrogen (secondary N) is 2. The first kappa shape index (κ1) is 19.7. The molecule has 0 saturated carbocycles. The molecule has 1 saturated heterocycles. The van der Waals surface area contributed by atoms with E-state index in [1.165, 1.54) is 5.56 Å². The Morgan fingerprint density at radius 1 is 1.16 bits per heavy atom. The summed E-state index contributed by atoms with van der Waals surface area (Å²) < 4.78 is 0. The van der Waals surface area contributed by atoms with Crippen LogP contribution in [0, 0.1) is 5.92 Å². The molecule has 0 unspecified atom stereocenters. The van der Waals surface area contributed by atoms with Crippen LogP contribution in [0.2, 0.25) is 5.02 Å². The quantitative estimate of drug-likeness (QED) is 0.807. The Morgan fingerprint density at radius 2 is 1.84 bits per heavy atom. The third-order valence-electron chi connectivity index (χ3n) is 4.05. The number of piperazine rings is 1. The van der Waals surface area contributed by atoms with E-state index in [1.807, 2.05) is 32.0 Å². The van der Waals surface area contributed by atoms with E-state index in [0.717, 1.165) is 37.7 Å². The van der Waals surface area contributed by atoms with Crippen molar-refractivity contribution in [2.24, 2.45) is 5.92 Å². The summed E-state index contributed by atoms with van der Waals surface area (Å²) in [5.41, 5.74) is 1.19. The zero-order valence-corrected chi connectivity index (χ0v) is 15.7. The van der Waals surface area contributed by atoms with Gasteiger partial charge in [0.1, 0.15) is 0 Å². The number of rotatable bonds is 6. The van der Waals surface area contributed by atoms with E-state index < -0.39 is 6.03 Å². The van der Waals surface area contributed by atoms with Crippen LogP contribution >= 0.6 is 11.6 Å². The van der Waals surface area contributed by atoms with Crippen molar-refractivity contribution in [2.45, 2.75) is 20.4 Å². The summed E-state index contributed by atoms with van der Waals surface area (Å²) >= 11 is 6.02. The normalized spacial score (nSPS) is 16.0. The van der Waals surface area contributed by atoms with Gasteiger partial charge in [-0.05, 0) is 23.6 Å². The van der Waals surface area contributed by atoms with Crippen LogP contribution in [0.1, 0.15) is 19.4 Å². The highest BCUT2D eigenvalue weighted by Crippen LogP contribution is 2.13. The lowest BCUT2D eigenvalue weighted by Crippen LogP contribution is -2.51. The van der Waals surface area contributed by atoms with Crippen LogP contribution < -0.4 is 10.6 Å². The Bertz CT molecular complexity index is 586. The Hall–Kier alpha value is -1.63. The minimum absolute atomic E-state index is 0.250. The highest BCUT2D eigenvalue weighted by atomic mass is 35.5. The fraction of sp³-hybridized carbons (Fsp3) is 0.556. The standard InChI is InChI=1S/C18H27ClN4O2/c1-14(2)11-20-18(25)21-17(24)13-23-8-6-22(7-9-23)12-15-4-3-5-16(19)10-15/h3-5,10,14H,6-9,11-13H2,1-2H3,(H2,20,21,24,25). The van der Waals surface area contributed by atoms with E-state index in [-0.39, 0.29) is 12.5 Å². The lowest BCUT2D eigenvalue weighted by molar-refractivity contribution is -0.121. The van der Waals surface area contributed by atoms with Gasteiger partial charge in [-0.2, -0.15) is 0 Å². The first-order chi connectivity index (χ1) is 11.9. The van der Waals surface area contributed by atoms with Crippen molar-refractivity contribution >= 4 is 23.5 Å². The minimum Gasteiger partial charge on any atom is -0.338 e. The molecule has 3 amide bonds. The molecule has 0 atom stereocenters. The van der Waals surface area contributed by atoms with Gasteiger partial charge in [-0.15, -0.1) is 0 Å². The molecule has 7 heteroatoms. The molecule has 2 rings (SSSR count). The second-order valence-corrected chi connectivity index (χ2v) is 7.27. The van der Waals surface area contributed by atoms with Gasteiger partial charge in [0.2, 0.25) is 5.91 Å². The summed E-state index contributed by atoms with van der Waals surface area (Å²) in [7, 11) is 0. The Labute approximate surface area is 154 Å². The number of carbonyl (C=O) groups excluding carboxylic acids is 2. The van der Waals surface area contributed by atoms with Gasteiger partial charge in [-0.3, -0.25) is 19.9 Å². The maximum atomic E-state index is 11.9. The average molecular weight is 367 g/mol. The number of benzene rings is 1. The number of amides is 3. The summed E-state index contributed by atoms with van der Waals surface area (Å²) in [6.07, 6.45) is 0. The van der Waals surface area contributed by atoms with E-state index in [4.69, 9.17) is 11.6 Å². The van der Waals surface area contributed by atoms with Gasteiger partial charge in [0.25, 0.3) is 0 Å². The van der Waals surface area contributed by atoms with Gasteiger partial charge < -0.3 is 5.32 Å². The number of nitrogens with zero attached hydrogens (tertiary/aromatic N) is 2. The maximum absolute atomic E-state index is 11.9. The van der Waals surface area contributed by atoms with Crippen LogP contribution in [-0.2, 0) is 11.3 Å². The third kappa shape index (κ3) is 7.42. The monoisotopic (exact) mass is 366 g/mol. The molecule has 0 radical (unpaired) electrons. The van der Waals surface area contributed by atoms with Crippen molar-refractivity contribution in [3.05, 3.63) is 34.9 Å². The largest absolute Gasteiger partial charge is 0.338 e. The van der Waals surface area contributed by atoms with Crippen molar-refractivity contribution in [1.82, 2.24) is 20.4 Å². The zero-order chi connectivity index (χ0) is 18.2. The molecule has 0 bridgehead atoms. The Morgan fingerprint density at radius 3 is 2.48 bits per heavy atom. The maximum Gasteiger partial charge on any atom is 0.321 e. The molecule has 0 aliphatic carbocycles. The number of urea groups is 1. The van der Waals surface area contributed by atoms with Gasteiger partial charge >= 0.3 is 6.03 Å². The van der Waals surface area contributed by atoms with Crippen LogP contribution in [0.15, 0.2) is 24.3 Å². The van der Waals surface area contributed by atoms with E-state index in [0.29, 0.717) is 12.5 Å². The predicted molar refractivity (Wildman–Crippen MR) is 99.5 cm³/mol. The van der Waals surface area contributed by atoms with Crippen LogP contribution in [0.5, 0.6) is 0 Å². The summed E-state index contributed by atoms with van der Waals surface area (Å²) in [5.74, 6) is 0.0953. The van der Waals surface area contributed by atoms with Gasteiger partial charge in [-0.25, -0.2) is 4.79 Å².